The Bertz CT molecular complexity index is 523. The topological polar surface area (TPSA) is 72.8 Å². The molecule has 0 atom stereocenters. The molecular formula is C12H15N5OS. The molecule has 6 nitrogen and oxygen atoms in total. The standard InChI is InChI=1S/C12H15N5OS/c1-3-4-15-11-10(18-2)12(17-8-16-11)19-9-7-13-5-6-14-9/h5-8H,3-4H2,1-2H3,(H,15,16,17). The molecule has 0 aliphatic carbocycles. The molecule has 0 spiro atoms. The Hall–Kier alpha value is -1.89. The third kappa shape index (κ3) is 3.54. The maximum Gasteiger partial charge on any atom is 0.194 e. The number of methoxy groups -OCH3 is 1. The number of aromatic nitrogens is 4. The molecule has 2 rings (SSSR count). The minimum Gasteiger partial charge on any atom is -0.490 e. The fourth-order valence-electron chi connectivity index (χ4n) is 1.42. The second kappa shape index (κ2) is 6.89. The van der Waals surface area contributed by atoms with E-state index in [1.807, 2.05) is 0 Å². The van der Waals surface area contributed by atoms with Gasteiger partial charge in [0.05, 0.1) is 13.3 Å². The van der Waals surface area contributed by atoms with E-state index in [9.17, 15) is 0 Å². The lowest BCUT2D eigenvalue weighted by Crippen LogP contribution is -2.05. The summed E-state index contributed by atoms with van der Waals surface area (Å²) in [6.07, 6.45) is 7.49. The zero-order valence-electron chi connectivity index (χ0n) is 10.8. The Morgan fingerprint density at radius 3 is 2.84 bits per heavy atom. The van der Waals surface area contributed by atoms with Crippen molar-refractivity contribution in [1.82, 2.24) is 19.9 Å². The molecule has 0 aromatic carbocycles. The molecule has 2 heterocycles. The van der Waals surface area contributed by atoms with Gasteiger partial charge >= 0.3 is 0 Å². The van der Waals surface area contributed by atoms with E-state index >= 15 is 0 Å². The van der Waals surface area contributed by atoms with Crippen molar-refractivity contribution in [2.24, 2.45) is 0 Å². The van der Waals surface area contributed by atoms with Gasteiger partial charge in [-0.1, -0.05) is 6.92 Å². The minimum absolute atomic E-state index is 0.631. The van der Waals surface area contributed by atoms with Crippen LogP contribution in [0.4, 0.5) is 5.82 Å². The van der Waals surface area contributed by atoms with E-state index in [0.717, 1.165) is 23.0 Å². The van der Waals surface area contributed by atoms with Crippen LogP contribution in [-0.2, 0) is 0 Å². The summed E-state index contributed by atoms with van der Waals surface area (Å²) in [6, 6.07) is 0. The van der Waals surface area contributed by atoms with Crippen molar-refractivity contribution in [3.63, 3.8) is 0 Å². The first-order chi connectivity index (χ1) is 9.35. The van der Waals surface area contributed by atoms with Gasteiger partial charge in [0.15, 0.2) is 16.6 Å². The van der Waals surface area contributed by atoms with Crippen molar-refractivity contribution < 1.29 is 4.74 Å². The first kappa shape index (κ1) is 13.5. The highest BCUT2D eigenvalue weighted by Crippen LogP contribution is 2.35. The second-order valence-corrected chi connectivity index (χ2v) is 4.64. The molecule has 19 heavy (non-hydrogen) atoms. The van der Waals surface area contributed by atoms with Crippen LogP contribution in [0.15, 0.2) is 35.0 Å². The van der Waals surface area contributed by atoms with Gasteiger partial charge in [-0.15, -0.1) is 0 Å². The molecule has 0 aliphatic heterocycles. The average molecular weight is 277 g/mol. The molecule has 1 N–H and O–H groups in total. The van der Waals surface area contributed by atoms with Crippen LogP contribution >= 0.6 is 11.8 Å². The highest BCUT2D eigenvalue weighted by atomic mass is 32.2. The summed E-state index contributed by atoms with van der Waals surface area (Å²) < 4.78 is 5.39. The van der Waals surface area contributed by atoms with Crippen molar-refractivity contribution in [2.45, 2.75) is 23.4 Å². The molecule has 0 radical (unpaired) electrons. The van der Waals surface area contributed by atoms with E-state index < -0.39 is 0 Å². The summed E-state index contributed by atoms with van der Waals surface area (Å²) in [5, 5.41) is 4.70. The fourth-order valence-corrected chi connectivity index (χ4v) is 2.22. The summed E-state index contributed by atoms with van der Waals surface area (Å²) in [5.41, 5.74) is 0. The van der Waals surface area contributed by atoms with Crippen molar-refractivity contribution >= 4 is 17.6 Å². The first-order valence-corrected chi connectivity index (χ1v) is 6.73. The van der Waals surface area contributed by atoms with E-state index in [4.69, 9.17) is 4.74 Å². The van der Waals surface area contributed by atoms with Gasteiger partial charge in [0, 0.05) is 18.9 Å². The zero-order valence-corrected chi connectivity index (χ0v) is 11.6. The molecule has 100 valence electrons. The molecular weight excluding hydrogens is 262 g/mol. The van der Waals surface area contributed by atoms with E-state index in [-0.39, 0.29) is 0 Å². The molecule has 0 fully saturated rings. The molecule has 2 aromatic heterocycles. The van der Waals surface area contributed by atoms with Crippen LogP contribution in [-0.4, -0.2) is 33.6 Å². The number of rotatable bonds is 6. The minimum atomic E-state index is 0.631. The van der Waals surface area contributed by atoms with Crippen molar-refractivity contribution in [3.05, 3.63) is 24.9 Å². The normalized spacial score (nSPS) is 10.2. The van der Waals surface area contributed by atoms with Crippen LogP contribution in [0.25, 0.3) is 0 Å². The first-order valence-electron chi connectivity index (χ1n) is 5.92. The number of nitrogens with zero attached hydrogens (tertiary/aromatic N) is 4. The zero-order chi connectivity index (χ0) is 13.5. The number of hydrogen-bond acceptors (Lipinski definition) is 7. The Kier molecular flexibility index (Phi) is 4.91. The Labute approximate surface area is 116 Å². The van der Waals surface area contributed by atoms with E-state index in [1.165, 1.54) is 18.1 Å². The maximum absolute atomic E-state index is 5.39. The van der Waals surface area contributed by atoms with Gasteiger partial charge in [0.2, 0.25) is 0 Å². The summed E-state index contributed by atoms with van der Waals surface area (Å²) in [5.74, 6) is 1.33. The number of hydrogen-bond donors (Lipinski definition) is 1. The van der Waals surface area contributed by atoms with Crippen LogP contribution in [0.3, 0.4) is 0 Å². The van der Waals surface area contributed by atoms with Gasteiger partial charge in [-0.05, 0) is 18.2 Å². The van der Waals surface area contributed by atoms with Crippen LogP contribution in [0.5, 0.6) is 5.75 Å². The third-order valence-electron chi connectivity index (χ3n) is 2.26. The Morgan fingerprint density at radius 1 is 1.26 bits per heavy atom. The van der Waals surface area contributed by atoms with Crippen LogP contribution in [0.2, 0.25) is 0 Å². The molecule has 0 aliphatic rings. The molecule has 0 saturated carbocycles. The second-order valence-electron chi connectivity index (χ2n) is 3.63. The lowest BCUT2D eigenvalue weighted by Gasteiger charge is -2.11. The number of nitrogens with one attached hydrogen (secondary N) is 1. The monoisotopic (exact) mass is 277 g/mol. The predicted octanol–water partition coefficient (Wildman–Crippen LogP) is 2.25. The number of ether oxygens (including phenoxy) is 1. The predicted molar refractivity (Wildman–Crippen MR) is 73.5 cm³/mol. The van der Waals surface area contributed by atoms with Gasteiger partial charge in [0.25, 0.3) is 0 Å². The van der Waals surface area contributed by atoms with Crippen LogP contribution in [0, 0.1) is 0 Å². The smallest absolute Gasteiger partial charge is 0.194 e. The van der Waals surface area contributed by atoms with Gasteiger partial charge in [-0.3, -0.25) is 4.98 Å². The fraction of sp³-hybridized carbons (Fsp3) is 0.333. The lowest BCUT2D eigenvalue weighted by molar-refractivity contribution is 0.400. The average Bonchev–Trinajstić information content (AvgIpc) is 2.46. The van der Waals surface area contributed by atoms with Gasteiger partial charge in [-0.25, -0.2) is 15.0 Å². The largest absolute Gasteiger partial charge is 0.490 e. The highest BCUT2D eigenvalue weighted by Gasteiger charge is 2.13. The van der Waals surface area contributed by atoms with E-state index in [0.29, 0.717) is 11.6 Å². The quantitative estimate of drug-likeness (QED) is 0.812. The molecule has 2 aromatic rings. The Balaban J connectivity index is 2.24. The molecule has 0 amide bonds. The van der Waals surface area contributed by atoms with Crippen molar-refractivity contribution in [2.75, 3.05) is 19.0 Å². The van der Waals surface area contributed by atoms with Crippen LogP contribution < -0.4 is 10.1 Å². The molecule has 0 unspecified atom stereocenters. The van der Waals surface area contributed by atoms with Crippen molar-refractivity contribution in [3.8, 4) is 5.75 Å². The number of anilines is 1. The maximum atomic E-state index is 5.39. The lowest BCUT2D eigenvalue weighted by atomic mass is 10.4. The van der Waals surface area contributed by atoms with Crippen molar-refractivity contribution in [1.29, 1.82) is 0 Å². The van der Waals surface area contributed by atoms with Crippen LogP contribution in [0.1, 0.15) is 13.3 Å². The van der Waals surface area contributed by atoms with Gasteiger partial charge in [-0.2, -0.15) is 0 Å². The highest BCUT2D eigenvalue weighted by molar-refractivity contribution is 7.99. The molecule has 7 heteroatoms. The summed E-state index contributed by atoms with van der Waals surface area (Å²) in [4.78, 5) is 16.7. The third-order valence-corrected chi connectivity index (χ3v) is 3.16. The summed E-state index contributed by atoms with van der Waals surface area (Å²) >= 11 is 1.40. The summed E-state index contributed by atoms with van der Waals surface area (Å²) in [6.45, 7) is 2.93. The summed E-state index contributed by atoms with van der Waals surface area (Å²) in [7, 11) is 1.61. The van der Waals surface area contributed by atoms with Gasteiger partial charge in [0.1, 0.15) is 11.4 Å². The van der Waals surface area contributed by atoms with E-state index in [1.54, 1.807) is 25.7 Å². The Morgan fingerprint density at radius 2 is 2.16 bits per heavy atom. The van der Waals surface area contributed by atoms with E-state index in [2.05, 4.69) is 32.2 Å². The SMILES string of the molecule is CCCNc1ncnc(Sc2cnccn2)c1OC. The molecule has 0 saturated heterocycles. The molecule has 0 bridgehead atoms. The van der Waals surface area contributed by atoms with Gasteiger partial charge < -0.3 is 10.1 Å².